The van der Waals surface area contributed by atoms with Crippen LogP contribution in [0.25, 0.3) is 59.2 Å². The third-order valence-electron chi connectivity index (χ3n) is 8.32. The van der Waals surface area contributed by atoms with Crippen molar-refractivity contribution in [2.75, 3.05) is 11.4 Å². The molecule has 0 unspecified atom stereocenters. The standard InChI is InChI=1S/C40H26N4S/c1-26-10-3-2-8-23-44(29-20-17-27(18-21-29)40-42-34-14-6-4-12-32(34)35(25-41)43-40)36-15-9-13-30(39(26)36)28-19-22-38-33(24-28)31-11-5-7-16-37(31)45-38/h2-22,24H,1,23H2/b8-2-,10-3-. The minimum absolute atomic E-state index is 0.380. The predicted octanol–water partition coefficient (Wildman–Crippen LogP) is 10.5. The first-order valence-electron chi connectivity index (χ1n) is 14.8. The Kier molecular flexibility index (Phi) is 6.56. The van der Waals surface area contributed by atoms with Gasteiger partial charge in [-0.05, 0) is 77.4 Å². The fourth-order valence-electron chi connectivity index (χ4n) is 6.16. The molecule has 0 radical (unpaired) electrons. The van der Waals surface area contributed by atoms with E-state index in [2.05, 4.69) is 120 Å². The van der Waals surface area contributed by atoms with Gasteiger partial charge in [-0.25, -0.2) is 9.97 Å². The Labute approximate surface area is 265 Å². The summed E-state index contributed by atoms with van der Waals surface area (Å²) in [4.78, 5) is 11.7. The molecule has 4 nitrogen and oxygen atoms in total. The highest BCUT2D eigenvalue weighted by Gasteiger charge is 2.20. The summed E-state index contributed by atoms with van der Waals surface area (Å²) >= 11 is 1.83. The van der Waals surface area contributed by atoms with Crippen LogP contribution in [0.2, 0.25) is 0 Å². The highest BCUT2D eigenvalue weighted by atomic mass is 32.1. The van der Waals surface area contributed by atoms with Crippen LogP contribution in [-0.4, -0.2) is 16.5 Å². The van der Waals surface area contributed by atoms with Crippen LogP contribution in [0.4, 0.5) is 11.4 Å². The molecule has 5 aromatic carbocycles. The van der Waals surface area contributed by atoms with Crippen LogP contribution in [-0.2, 0) is 0 Å². The summed E-state index contributed by atoms with van der Waals surface area (Å²) in [6.07, 6.45) is 8.39. The molecule has 8 rings (SSSR count). The van der Waals surface area contributed by atoms with Crippen molar-refractivity contribution in [1.82, 2.24) is 9.97 Å². The highest BCUT2D eigenvalue weighted by molar-refractivity contribution is 7.25. The third kappa shape index (κ3) is 4.69. The van der Waals surface area contributed by atoms with Gasteiger partial charge in [0.25, 0.3) is 0 Å². The number of aromatic nitrogens is 2. The van der Waals surface area contributed by atoms with Gasteiger partial charge in [0.2, 0.25) is 0 Å². The van der Waals surface area contributed by atoms with Gasteiger partial charge in [0.1, 0.15) is 6.07 Å². The van der Waals surface area contributed by atoms with Gasteiger partial charge in [-0.2, -0.15) is 5.26 Å². The molecule has 0 N–H and O–H groups in total. The van der Waals surface area contributed by atoms with E-state index in [0.29, 0.717) is 18.1 Å². The molecule has 5 heteroatoms. The number of hydrogen-bond donors (Lipinski definition) is 0. The Balaban J connectivity index is 1.24. The number of allylic oxidation sites excluding steroid dienone is 4. The first kappa shape index (κ1) is 26.8. The normalized spacial score (nSPS) is 14.5. The molecule has 0 aliphatic carbocycles. The Morgan fingerprint density at radius 2 is 1.51 bits per heavy atom. The van der Waals surface area contributed by atoms with Crippen molar-refractivity contribution in [2.45, 2.75) is 0 Å². The molecule has 3 heterocycles. The van der Waals surface area contributed by atoms with E-state index in [-0.39, 0.29) is 0 Å². The Hall–Kier alpha value is -5.83. The van der Waals surface area contributed by atoms with Gasteiger partial charge in [-0.15, -0.1) is 11.3 Å². The molecule has 1 aliphatic rings. The van der Waals surface area contributed by atoms with Crippen molar-refractivity contribution in [1.29, 1.82) is 5.26 Å². The van der Waals surface area contributed by atoms with Crippen LogP contribution in [0.15, 0.2) is 140 Å². The van der Waals surface area contributed by atoms with Crippen LogP contribution >= 0.6 is 11.3 Å². The van der Waals surface area contributed by atoms with Crippen molar-refractivity contribution < 1.29 is 0 Å². The second kappa shape index (κ2) is 11.0. The summed E-state index contributed by atoms with van der Waals surface area (Å²) < 4.78 is 2.59. The molecule has 0 atom stereocenters. The van der Waals surface area contributed by atoms with Crippen LogP contribution < -0.4 is 4.90 Å². The molecule has 7 aromatic rings. The molecule has 0 bridgehead atoms. The minimum atomic E-state index is 0.380. The largest absolute Gasteiger partial charge is 0.337 e. The molecule has 45 heavy (non-hydrogen) atoms. The average Bonchev–Trinajstić information content (AvgIpc) is 3.49. The first-order chi connectivity index (χ1) is 22.2. The molecular weight excluding hydrogens is 569 g/mol. The van der Waals surface area contributed by atoms with Crippen molar-refractivity contribution in [3.63, 3.8) is 0 Å². The summed E-state index contributed by atoms with van der Waals surface area (Å²) in [7, 11) is 0. The number of nitrogens with zero attached hydrogens (tertiary/aromatic N) is 4. The van der Waals surface area contributed by atoms with Crippen LogP contribution in [0.3, 0.4) is 0 Å². The van der Waals surface area contributed by atoms with Gasteiger partial charge in [-0.3, -0.25) is 0 Å². The van der Waals surface area contributed by atoms with E-state index in [1.54, 1.807) is 0 Å². The fourth-order valence-corrected chi connectivity index (χ4v) is 7.25. The van der Waals surface area contributed by atoms with E-state index < -0.39 is 0 Å². The van der Waals surface area contributed by atoms with Gasteiger partial charge in [0.15, 0.2) is 11.5 Å². The Bertz CT molecular complexity index is 2390. The quantitative estimate of drug-likeness (QED) is 0.204. The molecule has 2 aromatic heterocycles. The van der Waals surface area contributed by atoms with E-state index >= 15 is 0 Å². The maximum atomic E-state index is 9.74. The smallest absolute Gasteiger partial charge is 0.161 e. The minimum Gasteiger partial charge on any atom is -0.337 e. The first-order valence-corrected chi connectivity index (χ1v) is 15.6. The van der Waals surface area contributed by atoms with Gasteiger partial charge < -0.3 is 4.90 Å². The van der Waals surface area contributed by atoms with Crippen molar-refractivity contribution in [3.8, 4) is 28.6 Å². The van der Waals surface area contributed by atoms with Crippen molar-refractivity contribution in [3.05, 3.63) is 151 Å². The van der Waals surface area contributed by atoms with E-state index in [9.17, 15) is 5.26 Å². The number of rotatable bonds is 3. The zero-order chi connectivity index (χ0) is 30.3. The molecule has 1 aliphatic heterocycles. The number of anilines is 2. The summed E-state index contributed by atoms with van der Waals surface area (Å²) in [5.74, 6) is 0.540. The summed E-state index contributed by atoms with van der Waals surface area (Å²) in [6, 6.07) is 40.0. The number of hydrogen-bond acceptors (Lipinski definition) is 5. The van der Waals surface area contributed by atoms with Crippen molar-refractivity contribution in [2.24, 2.45) is 0 Å². The lowest BCUT2D eigenvalue weighted by Gasteiger charge is -2.28. The van der Waals surface area contributed by atoms with Crippen LogP contribution in [0, 0.1) is 11.3 Å². The topological polar surface area (TPSA) is 52.8 Å². The number of fused-ring (bicyclic) bond motifs is 5. The lowest BCUT2D eigenvalue weighted by atomic mass is 9.92. The number of nitriles is 1. The molecular formula is C40H26N4S. The number of benzene rings is 5. The molecule has 0 amide bonds. The monoisotopic (exact) mass is 594 g/mol. The van der Waals surface area contributed by atoms with Crippen LogP contribution in [0.5, 0.6) is 0 Å². The third-order valence-corrected chi connectivity index (χ3v) is 9.47. The van der Waals surface area contributed by atoms with E-state index in [4.69, 9.17) is 4.98 Å². The second-order valence-electron chi connectivity index (χ2n) is 11.0. The lowest BCUT2D eigenvalue weighted by molar-refractivity contribution is 1.09. The van der Waals surface area contributed by atoms with Gasteiger partial charge in [-0.1, -0.05) is 79.4 Å². The SMILES string of the molecule is C=C1/C=C\C=C/CN(c2ccc(-c3nc(C#N)c4ccccc4n3)cc2)c2cccc(-c3ccc4sc5ccccc5c4c3)c21. The van der Waals surface area contributed by atoms with E-state index in [1.165, 1.54) is 25.7 Å². The number of para-hydroxylation sites is 1. The summed E-state index contributed by atoms with van der Waals surface area (Å²) in [5, 5.41) is 13.1. The van der Waals surface area contributed by atoms with Crippen LogP contribution in [0.1, 0.15) is 11.3 Å². The highest BCUT2D eigenvalue weighted by Crippen LogP contribution is 2.42. The molecule has 0 saturated heterocycles. The van der Waals surface area contributed by atoms with Gasteiger partial charge >= 0.3 is 0 Å². The average molecular weight is 595 g/mol. The fraction of sp³-hybridized carbons (Fsp3) is 0.0250. The maximum absolute atomic E-state index is 9.74. The molecule has 0 spiro atoms. The maximum Gasteiger partial charge on any atom is 0.161 e. The molecule has 0 saturated carbocycles. The Morgan fingerprint density at radius 1 is 0.733 bits per heavy atom. The van der Waals surface area contributed by atoms with E-state index in [1.807, 2.05) is 47.7 Å². The summed E-state index contributed by atoms with van der Waals surface area (Å²) in [6.45, 7) is 5.21. The molecule has 212 valence electrons. The summed E-state index contributed by atoms with van der Waals surface area (Å²) in [5.41, 5.74) is 8.51. The molecule has 0 fully saturated rings. The zero-order valence-electron chi connectivity index (χ0n) is 24.3. The predicted molar refractivity (Wildman–Crippen MR) is 189 cm³/mol. The second-order valence-corrected chi connectivity index (χ2v) is 12.1. The lowest BCUT2D eigenvalue weighted by Crippen LogP contribution is -2.18. The Morgan fingerprint density at radius 3 is 2.38 bits per heavy atom. The van der Waals surface area contributed by atoms with E-state index in [0.717, 1.165) is 44.5 Å². The van der Waals surface area contributed by atoms with Crippen molar-refractivity contribution >= 4 is 59.4 Å². The number of thiophene rings is 1. The van der Waals surface area contributed by atoms with Gasteiger partial charge in [0, 0.05) is 54.6 Å². The zero-order valence-corrected chi connectivity index (χ0v) is 25.1. The van der Waals surface area contributed by atoms with Gasteiger partial charge in [0.05, 0.1) is 5.52 Å².